The molecule has 1 aromatic heterocycles. The van der Waals surface area contributed by atoms with Crippen molar-refractivity contribution < 1.29 is 4.79 Å². The van der Waals surface area contributed by atoms with Gasteiger partial charge in [-0.3, -0.25) is 0 Å². The van der Waals surface area contributed by atoms with Crippen LogP contribution >= 0.6 is 0 Å². The van der Waals surface area contributed by atoms with Crippen molar-refractivity contribution in [3.63, 3.8) is 0 Å². The lowest BCUT2D eigenvalue weighted by molar-refractivity contribution is 0.565. The highest BCUT2D eigenvalue weighted by molar-refractivity contribution is 5.52. The van der Waals surface area contributed by atoms with Gasteiger partial charge in [-0.1, -0.05) is 6.07 Å². The average Bonchev–Trinajstić information content (AvgIpc) is 2.71. The predicted molar refractivity (Wildman–Crippen MR) is 49.1 cm³/mol. The Balaban J connectivity index is 2.45. The van der Waals surface area contributed by atoms with Crippen LogP contribution in [0.1, 0.15) is 0 Å². The van der Waals surface area contributed by atoms with Crippen LogP contribution in [0.2, 0.25) is 0 Å². The normalized spacial score (nSPS) is 9.43. The maximum atomic E-state index is 10.0. The smallest absolute Gasteiger partial charge is 0.211 e. The molecule has 1 heterocycles. The van der Waals surface area contributed by atoms with Crippen molar-refractivity contribution in [1.29, 1.82) is 0 Å². The number of isocyanates is 1. The summed E-state index contributed by atoms with van der Waals surface area (Å²) in [7, 11) is 0. The van der Waals surface area contributed by atoms with Gasteiger partial charge >= 0.3 is 0 Å². The number of hydrogen-bond acceptors (Lipinski definition) is 4. The first-order valence-electron chi connectivity index (χ1n) is 3.95. The highest BCUT2D eigenvalue weighted by Crippen LogP contribution is 2.14. The Morgan fingerprint density at radius 3 is 2.79 bits per heavy atom. The second-order valence-corrected chi connectivity index (χ2v) is 2.54. The number of carbonyl (C=O) groups excluding carboxylic acids is 1. The van der Waals surface area contributed by atoms with Crippen molar-refractivity contribution in [2.45, 2.75) is 0 Å². The van der Waals surface area contributed by atoms with Crippen LogP contribution in [0, 0.1) is 0 Å². The van der Waals surface area contributed by atoms with Crippen molar-refractivity contribution in [1.82, 2.24) is 15.0 Å². The van der Waals surface area contributed by atoms with Crippen LogP contribution in [0.3, 0.4) is 0 Å². The molecule has 0 saturated carbocycles. The Labute approximate surface area is 79.7 Å². The van der Waals surface area contributed by atoms with Crippen molar-refractivity contribution in [2.24, 2.45) is 4.99 Å². The second kappa shape index (κ2) is 3.64. The summed E-state index contributed by atoms with van der Waals surface area (Å²) in [5, 5.41) is 7.91. The first-order valence-corrected chi connectivity index (χ1v) is 3.95. The van der Waals surface area contributed by atoms with Gasteiger partial charge in [0.25, 0.3) is 0 Å². The molecule has 0 atom stereocenters. The van der Waals surface area contributed by atoms with Crippen LogP contribution < -0.4 is 0 Å². The Morgan fingerprint density at radius 1 is 1.29 bits per heavy atom. The Morgan fingerprint density at radius 2 is 2.07 bits per heavy atom. The second-order valence-electron chi connectivity index (χ2n) is 2.54. The molecule has 0 aliphatic carbocycles. The third kappa shape index (κ3) is 1.57. The third-order valence-electron chi connectivity index (χ3n) is 1.65. The number of aliphatic imine (C=N–C) groups is 1. The average molecular weight is 186 g/mol. The molecule has 0 N–H and O–H groups in total. The monoisotopic (exact) mass is 186 g/mol. The van der Waals surface area contributed by atoms with Gasteiger partial charge in [0.05, 0.1) is 23.8 Å². The summed E-state index contributed by atoms with van der Waals surface area (Å²) in [6, 6.07) is 7.00. The molecule has 0 unspecified atom stereocenters. The highest BCUT2D eigenvalue weighted by Gasteiger charge is 1.97. The van der Waals surface area contributed by atoms with E-state index in [1.807, 2.05) is 6.07 Å². The van der Waals surface area contributed by atoms with Gasteiger partial charge in [0.1, 0.15) is 0 Å². The van der Waals surface area contributed by atoms with E-state index >= 15 is 0 Å². The first kappa shape index (κ1) is 8.34. The molecule has 0 radical (unpaired) electrons. The summed E-state index contributed by atoms with van der Waals surface area (Å²) >= 11 is 0. The van der Waals surface area contributed by atoms with Gasteiger partial charge in [0.2, 0.25) is 6.08 Å². The molecule has 14 heavy (non-hydrogen) atoms. The minimum absolute atomic E-state index is 0.537. The maximum Gasteiger partial charge on any atom is 0.240 e. The van der Waals surface area contributed by atoms with E-state index in [1.54, 1.807) is 30.6 Å². The van der Waals surface area contributed by atoms with Gasteiger partial charge < -0.3 is 0 Å². The van der Waals surface area contributed by atoms with Crippen LogP contribution in [0.15, 0.2) is 41.7 Å². The van der Waals surface area contributed by atoms with Gasteiger partial charge in [-0.2, -0.15) is 20.0 Å². The quantitative estimate of drug-likeness (QED) is 0.523. The maximum absolute atomic E-state index is 10.0. The molecule has 0 aliphatic rings. The summed E-state index contributed by atoms with van der Waals surface area (Å²) in [5.41, 5.74) is 1.29. The van der Waals surface area contributed by atoms with Gasteiger partial charge in [0, 0.05) is 0 Å². The van der Waals surface area contributed by atoms with E-state index in [4.69, 9.17) is 0 Å². The topological polar surface area (TPSA) is 60.1 Å². The lowest BCUT2D eigenvalue weighted by atomic mass is 10.3. The van der Waals surface area contributed by atoms with Crippen LogP contribution in [-0.2, 0) is 4.79 Å². The number of aromatic nitrogens is 3. The largest absolute Gasteiger partial charge is 0.240 e. The summed E-state index contributed by atoms with van der Waals surface area (Å²) in [6.45, 7) is 0. The summed E-state index contributed by atoms with van der Waals surface area (Å²) < 4.78 is 0. The van der Waals surface area contributed by atoms with E-state index in [0.717, 1.165) is 5.69 Å². The molecule has 1 aromatic carbocycles. The number of rotatable bonds is 2. The zero-order valence-corrected chi connectivity index (χ0v) is 7.16. The van der Waals surface area contributed by atoms with Gasteiger partial charge in [-0.05, 0) is 18.2 Å². The van der Waals surface area contributed by atoms with E-state index in [9.17, 15) is 4.79 Å². The van der Waals surface area contributed by atoms with Crippen LogP contribution in [0.25, 0.3) is 5.69 Å². The molecule has 0 saturated heterocycles. The summed E-state index contributed by atoms with van der Waals surface area (Å²) in [4.78, 5) is 15.0. The van der Waals surface area contributed by atoms with Crippen molar-refractivity contribution in [3.8, 4) is 5.69 Å². The molecule has 0 amide bonds. The number of nitrogens with zero attached hydrogens (tertiary/aromatic N) is 4. The standard InChI is InChI=1S/C9H6N4O/c14-7-10-8-2-1-3-9(6-8)13-11-4-5-12-13/h1-6H. The molecule has 0 aliphatic heterocycles. The van der Waals surface area contributed by atoms with Crippen molar-refractivity contribution in [2.75, 3.05) is 0 Å². The molecule has 0 fully saturated rings. The van der Waals surface area contributed by atoms with Crippen molar-refractivity contribution in [3.05, 3.63) is 36.7 Å². The molecular weight excluding hydrogens is 180 g/mol. The van der Waals surface area contributed by atoms with Crippen molar-refractivity contribution >= 4 is 11.8 Å². The van der Waals surface area contributed by atoms with Gasteiger partial charge in [-0.25, -0.2) is 4.79 Å². The molecule has 5 nitrogen and oxygen atoms in total. The molecule has 0 spiro atoms. The highest BCUT2D eigenvalue weighted by atomic mass is 16.1. The molecule has 0 bridgehead atoms. The van der Waals surface area contributed by atoms with E-state index in [-0.39, 0.29) is 0 Å². The van der Waals surface area contributed by atoms with Crippen LogP contribution in [-0.4, -0.2) is 21.1 Å². The third-order valence-corrected chi connectivity index (χ3v) is 1.65. The Bertz CT molecular complexity index is 471. The number of hydrogen-bond donors (Lipinski definition) is 0. The van der Waals surface area contributed by atoms with E-state index in [0.29, 0.717) is 5.69 Å². The molecular formula is C9H6N4O. The summed E-state index contributed by atoms with van der Waals surface area (Å²) in [6.07, 6.45) is 4.64. The lowest BCUT2D eigenvalue weighted by Gasteiger charge is -1.98. The molecule has 68 valence electrons. The number of benzene rings is 1. The Hall–Kier alpha value is -2.26. The van der Waals surface area contributed by atoms with Crippen LogP contribution in [0.5, 0.6) is 0 Å². The molecule has 2 aromatic rings. The van der Waals surface area contributed by atoms with E-state index < -0.39 is 0 Å². The zero-order valence-electron chi connectivity index (χ0n) is 7.16. The zero-order chi connectivity index (χ0) is 9.80. The first-order chi connectivity index (χ1) is 6.90. The predicted octanol–water partition coefficient (Wildman–Crippen LogP) is 1.23. The van der Waals surface area contributed by atoms with E-state index in [2.05, 4.69) is 15.2 Å². The summed E-state index contributed by atoms with van der Waals surface area (Å²) in [5.74, 6) is 0. The fourth-order valence-corrected chi connectivity index (χ4v) is 1.09. The molecule has 2 rings (SSSR count). The van der Waals surface area contributed by atoms with Gasteiger partial charge in [-0.15, -0.1) is 0 Å². The molecule has 5 heteroatoms. The lowest BCUT2D eigenvalue weighted by Crippen LogP contribution is -1.97. The van der Waals surface area contributed by atoms with Gasteiger partial charge in [0.15, 0.2) is 0 Å². The van der Waals surface area contributed by atoms with Crippen LogP contribution in [0.4, 0.5) is 5.69 Å². The fraction of sp³-hybridized carbons (Fsp3) is 0. The minimum Gasteiger partial charge on any atom is -0.211 e. The fourth-order valence-electron chi connectivity index (χ4n) is 1.09. The van der Waals surface area contributed by atoms with E-state index in [1.165, 1.54) is 10.9 Å². The Kier molecular flexibility index (Phi) is 2.17. The minimum atomic E-state index is 0.537. The SMILES string of the molecule is O=C=Nc1cccc(-n2nccn2)c1.